The standard InChI is InChI=1S/C53H34N2O3/c56-55(57)42-32-25-38(26-33-42)37-23-30-41(31-24-37)54(40-28-21-36(22-29-40)35-11-2-1-3-12-35)49-19-10-18-47-51(49)44-15-6-7-16-45(44)53(47)46-17-8-9-20-50(46)58-52-43-14-5-4-13-39(43)27-34-48(52)53/h1-34H. The number of nitro benzene ring substituents is 1. The van der Waals surface area contributed by atoms with Crippen LogP contribution >= 0.6 is 0 Å². The zero-order valence-corrected chi connectivity index (χ0v) is 31.2. The third-order valence-corrected chi connectivity index (χ3v) is 11.8. The van der Waals surface area contributed by atoms with Gasteiger partial charge in [-0.1, -0.05) is 146 Å². The highest BCUT2D eigenvalue weighted by Crippen LogP contribution is 2.64. The molecule has 9 aromatic carbocycles. The fraction of sp³-hybridized carbons (Fsp3) is 0.0189. The van der Waals surface area contributed by atoms with E-state index >= 15 is 0 Å². The molecule has 0 saturated carbocycles. The predicted molar refractivity (Wildman–Crippen MR) is 234 cm³/mol. The first kappa shape index (κ1) is 33.6. The predicted octanol–water partition coefficient (Wildman–Crippen LogP) is 14.0. The van der Waals surface area contributed by atoms with Crippen LogP contribution < -0.4 is 9.64 Å². The van der Waals surface area contributed by atoms with Crippen molar-refractivity contribution in [2.45, 2.75) is 5.41 Å². The Balaban J connectivity index is 1.15. The molecule has 0 amide bonds. The number of anilines is 3. The molecule has 1 heterocycles. The topological polar surface area (TPSA) is 55.6 Å². The molecule has 2 aliphatic rings. The average Bonchev–Trinajstić information content (AvgIpc) is 3.58. The van der Waals surface area contributed by atoms with E-state index in [-0.39, 0.29) is 10.6 Å². The average molecular weight is 747 g/mol. The third-order valence-electron chi connectivity index (χ3n) is 11.8. The minimum absolute atomic E-state index is 0.0736. The molecule has 1 spiro atoms. The molecule has 1 aliphatic heterocycles. The Labute approximate surface area is 335 Å². The Kier molecular flexibility index (Phi) is 7.63. The third kappa shape index (κ3) is 5.03. The maximum atomic E-state index is 11.4. The largest absolute Gasteiger partial charge is 0.456 e. The van der Waals surface area contributed by atoms with Gasteiger partial charge < -0.3 is 9.64 Å². The summed E-state index contributed by atoms with van der Waals surface area (Å²) in [6.07, 6.45) is 0. The second-order valence-electron chi connectivity index (χ2n) is 14.9. The van der Waals surface area contributed by atoms with Gasteiger partial charge in [0.1, 0.15) is 11.5 Å². The van der Waals surface area contributed by atoms with Crippen molar-refractivity contribution in [2.75, 3.05) is 4.90 Å². The molecule has 0 bridgehead atoms. The Morgan fingerprint density at radius 1 is 0.466 bits per heavy atom. The molecule has 0 saturated heterocycles. The number of benzene rings is 9. The van der Waals surface area contributed by atoms with E-state index in [0.29, 0.717) is 0 Å². The first-order valence-corrected chi connectivity index (χ1v) is 19.4. The van der Waals surface area contributed by atoms with E-state index in [0.717, 1.165) is 72.7 Å². The van der Waals surface area contributed by atoms with E-state index in [2.05, 4.69) is 181 Å². The van der Waals surface area contributed by atoms with Gasteiger partial charge in [-0.2, -0.15) is 0 Å². The van der Waals surface area contributed by atoms with Crippen molar-refractivity contribution in [1.82, 2.24) is 0 Å². The second kappa shape index (κ2) is 13.2. The number of hydrogen-bond donors (Lipinski definition) is 0. The number of para-hydroxylation sites is 1. The Morgan fingerprint density at radius 3 is 1.74 bits per heavy atom. The number of fused-ring (bicyclic) bond motifs is 11. The number of nitrogens with zero attached hydrogens (tertiary/aromatic N) is 2. The number of ether oxygens (including phenoxy) is 1. The maximum Gasteiger partial charge on any atom is 0.269 e. The van der Waals surface area contributed by atoms with E-state index in [4.69, 9.17) is 4.74 Å². The van der Waals surface area contributed by atoms with Gasteiger partial charge in [0.15, 0.2) is 0 Å². The normalized spacial score (nSPS) is 14.6. The molecule has 1 unspecified atom stereocenters. The summed E-state index contributed by atoms with van der Waals surface area (Å²) in [4.78, 5) is 13.4. The Bertz CT molecular complexity index is 3050. The summed E-state index contributed by atoms with van der Waals surface area (Å²) >= 11 is 0. The first-order valence-electron chi connectivity index (χ1n) is 19.4. The number of hydrogen-bond acceptors (Lipinski definition) is 4. The van der Waals surface area contributed by atoms with Crippen LogP contribution in [0.1, 0.15) is 22.3 Å². The molecular weight excluding hydrogens is 713 g/mol. The fourth-order valence-corrected chi connectivity index (χ4v) is 9.28. The van der Waals surface area contributed by atoms with Crippen LogP contribution in [-0.2, 0) is 5.41 Å². The highest BCUT2D eigenvalue weighted by Gasteiger charge is 2.52. The van der Waals surface area contributed by atoms with E-state index in [1.165, 1.54) is 22.3 Å². The van der Waals surface area contributed by atoms with Gasteiger partial charge in [0.25, 0.3) is 5.69 Å². The highest BCUT2D eigenvalue weighted by molar-refractivity contribution is 6.00. The van der Waals surface area contributed by atoms with Crippen molar-refractivity contribution in [2.24, 2.45) is 0 Å². The first-order chi connectivity index (χ1) is 28.6. The van der Waals surface area contributed by atoms with Crippen LogP contribution in [0.15, 0.2) is 206 Å². The zero-order chi connectivity index (χ0) is 38.8. The zero-order valence-electron chi connectivity index (χ0n) is 31.2. The minimum atomic E-state index is -0.640. The SMILES string of the molecule is O=[N+]([O-])c1ccc(-c2ccc(N(c3ccc(-c4ccccc4)cc3)c3cccc4c3-c3ccccc3C43c4ccccc4Oc4c3ccc3ccccc43)cc2)cc1. The van der Waals surface area contributed by atoms with E-state index in [1.54, 1.807) is 24.3 Å². The van der Waals surface area contributed by atoms with Gasteiger partial charge in [-0.15, -0.1) is 0 Å². The van der Waals surface area contributed by atoms with Crippen molar-refractivity contribution in [3.63, 3.8) is 0 Å². The maximum absolute atomic E-state index is 11.4. The lowest BCUT2D eigenvalue weighted by atomic mass is 9.65. The molecule has 58 heavy (non-hydrogen) atoms. The highest BCUT2D eigenvalue weighted by atomic mass is 16.6. The van der Waals surface area contributed by atoms with Crippen molar-refractivity contribution in [3.8, 4) is 44.9 Å². The van der Waals surface area contributed by atoms with Crippen LogP contribution in [0, 0.1) is 10.1 Å². The van der Waals surface area contributed by atoms with Gasteiger partial charge in [0, 0.05) is 45.6 Å². The summed E-state index contributed by atoms with van der Waals surface area (Å²) in [5.74, 6) is 1.75. The van der Waals surface area contributed by atoms with Gasteiger partial charge in [0.05, 0.1) is 16.0 Å². The van der Waals surface area contributed by atoms with Crippen LogP contribution in [0.25, 0.3) is 44.2 Å². The summed E-state index contributed by atoms with van der Waals surface area (Å²) in [7, 11) is 0. The van der Waals surface area contributed by atoms with Crippen LogP contribution in [0.2, 0.25) is 0 Å². The minimum Gasteiger partial charge on any atom is -0.456 e. The van der Waals surface area contributed by atoms with Crippen molar-refractivity contribution in [1.29, 1.82) is 0 Å². The van der Waals surface area contributed by atoms with Crippen LogP contribution in [0.5, 0.6) is 11.5 Å². The molecule has 0 aromatic heterocycles. The van der Waals surface area contributed by atoms with Gasteiger partial charge in [-0.05, 0) is 92.9 Å². The fourth-order valence-electron chi connectivity index (χ4n) is 9.28. The molecule has 11 rings (SSSR count). The molecular formula is C53H34N2O3. The lowest BCUT2D eigenvalue weighted by Gasteiger charge is -2.40. The smallest absolute Gasteiger partial charge is 0.269 e. The van der Waals surface area contributed by atoms with Crippen LogP contribution in [-0.4, -0.2) is 4.92 Å². The molecule has 1 atom stereocenters. The molecule has 1 aliphatic carbocycles. The van der Waals surface area contributed by atoms with E-state index in [1.807, 2.05) is 6.07 Å². The van der Waals surface area contributed by atoms with Crippen molar-refractivity contribution in [3.05, 3.63) is 239 Å². The quantitative estimate of drug-likeness (QED) is 0.126. The summed E-state index contributed by atoms with van der Waals surface area (Å²) < 4.78 is 6.89. The Hall–Kier alpha value is -7.76. The van der Waals surface area contributed by atoms with E-state index < -0.39 is 5.41 Å². The summed E-state index contributed by atoms with van der Waals surface area (Å²) in [6, 6.07) is 71.5. The summed E-state index contributed by atoms with van der Waals surface area (Å²) in [6.45, 7) is 0. The van der Waals surface area contributed by atoms with Gasteiger partial charge in [-0.3, -0.25) is 10.1 Å². The molecule has 0 fully saturated rings. The van der Waals surface area contributed by atoms with Gasteiger partial charge in [-0.25, -0.2) is 0 Å². The second-order valence-corrected chi connectivity index (χ2v) is 14.9. The number of nitro groups is 1. The van der Waals surface area contributed by atoms with Crippen LogP contribution in [0.4, 0.5) is 22.7 Å². The molecule has 5 heteroatoms. The van der Waals surface area contributed by atoms with E-state index in [9.17, 15) is 10.1 Å². The summed E-state index contributed by atoms with van der Waals surface area (Å²) in [5.41, 5.74) is 13.7. The lowest BCUT2D eigenvalue weighted by Crippen LogP contribution is -2.32. The summed E-state index contributed by atoms with van der Waals surface area (Å²) in [5, 5.41) is 13.6. The molecule has 5 nitrogen and oxygen atoms in total. The molecule has 274 valence electrons. The Morgan fingerprint density at radius 2 is 1.03 bits per heavy atom. The number of non-ortho nitro benzene ring substituents is 1. The molecule has 0 radical (unpaired) electrons. The monoisotopic (exact) mass is 746 g/mol. The van der Waals surface area contributed by atoms with Crippen LogP contribution in [0.3, 0.4) is 0 Å². The lowest BCUT2D eigenvalue weighted by molar-refractivity contribution is -0.384. The van der Waals surface area contributed by atoms with Gasteiger partial charge in [0.2, 0.25) is 0 Å². The number of rotatable bonds is 6. The van der Waals surface area contributed by atoms with Gasteiger partial charge >= 0.3 is 0 Å². The molecule has 9 aromatic rings. The molecule has 0 N–H and O–H groups in total. The van der Waals surface area contributed by atoms with Crippen molar-refractivity contribution >= 4 is 33.5 Å². The van der Waals surface area contributed by atoms with Crippen molar-refractivity contribution < 1.29 is 9.66 Å².